The lowest BCUT2D eigenvalue weighted by Crippen LogP contribution is -2.55. The highest BCUT2D eigenvalue weighted by molar-refractivity contribution is 6.06. The third-order valence-electron chi connectivity index (χ3n) is 10.3. The van der Waals surface area contributed by atoms with Gasteiger partial charge in [0.2, 0.25) is 5.78 Å². The molecular weight excluding hydrogens is 368 g/mol. The van der Waals surface area contributed by atoms with Crippen LogP contribution in [0.5, 0.6) is 0 Å². The van der Waals surface area contributed by atoms with Crippen LogP contribution in [0.1, 0.15) is 86.5 Å². The molecule has 0 radical (unpaired) electrons. The van der Waals surface area contributed by atoms with Crippen molar-refractivity contribution in [2.45, 2.75) is 86.5 Å². The van der Waals surface area contributed by atoms with Gasteiger partial charge in [0.05, 0.1) is 0 Å². The molecular formula is C28H38O2. The number of hydrogen-bond donors (Lipinski definition) is 1. The molecule has 0 aliphatic heterocycles. The minimum absolute atomic E-state index is 0.0804. The highest BCUT2D eigenvalue weighted by Crippen LogP contribution is 2.70. The van der Waals surface area contributed by atoms with Crippen LogP contribution in [-0.2, 0) is 4.79 Å². The van der Waals surface area contributed by atoms with E-state index in [9.17, 15) is 9.90 Å². The molecule has 5 aliphatic rings. The first-order chi connectivity index (χ1) is 13.9. The molecule has 3 fully saturated rings. The quantitative estimate of drug-likeness (QED) is 0.460. The topological polar surface area (TPSA) is 37.3 Å². The second kappa shape index (κ2) is 6.02. The van der Waals surface area contributed by atoms with E-state index in [1.807, 2.05) is 6.92 Å². The maximum Gasteiger partial charge on any atom is 0.220 e. The van der Waals surface area contributed by atoms with Gasteiger partial charge < -0.3 is 5.11 Å². The molecule has 5 aliphatic carbocycles. The third-order valence-corrected chi connectivity index (χ3v) is 10.3. The Kier molecular flexibility index (Phi) is 4.08. The minimum atomic E-state index is -0.223. The van der Waals surface area contributed by atoms with Gasteiger partial charge in [-0.1, -0.05) is 52.3 Å². The molecule has 0 saturated heterocycles. The van der Waals surface area contributed by atoms with Crippen molar-refractivity contribution in [3.8, 4) is 0 Å². The Labute approximate surface area is 182 Å². The minimum Gasteiger partial charge on any atom is -0.504 e. The number of allylic oxidation sites excluding steroid dienone is 7. The molecule has 0 aromatic rings. The van der Waals surface area contributed by atoms with Crippen LogP contribution >= 0.6 is 0 Å². The first-order valence-corrected chi connectivity index (χ1v) is 12.0. The van der Waals surface area contributed by atoms with Gasteiger partial charge in [-0.2, -0.15) is 0 Å². The number of hydrogen-bond acceptors (Lipinski definition) is 2. The van der Waals surface area contributed by atoms with Gasteiger partial charge in [-0.15, -0.1) is 0 Å². The van der Waals surface area contributed by atoms with Crippen LogP contribution in [0, 0.1) is 33.5 Å². The van der Waals surface area contributed by atoms with Crippen molar-refractivity contribution < 1.29 is 9.90 Å². The zero-order valence-corrected chi connectivity index (χ0v) is 19.7. The lowest BCUT2D eigenvalue weighted by Gasteiger charge is -2.65. The summed E-state index contributed by atoms with van der Waals surface area (Å²) in [6.07, 6.45) is 15.3. The second-order valence-corrected chi connectivity index (χ2v) is 12.6. The van der Waals surface area contributed by atoms with E-state index in [1.165, 1.54) is 38.5 Å². The number of ketones is 1. The van der Waals surface area contributed by atoms with Crippen LogP contribution in [0.25, 0.3) is 0 Å². The van der Waals surface area contributed by atoms with Crippen molar-refractivity contribution in [1.29, 1.82) is 0 Å². The largest absolute Gasteiger partial charge is 0.504 e. The van der Waals surface area contributed by atoms with Gasteiger partial charge >= 0.3 is 0 Å². The van der Waals surface area contributed by atoms with Crippen molar-refractivity contribution in [3.05, 3.63) is 46.3 Å². The molecule has 0 heterocycles. The molecule has 1 N–H and O–H groups in total. The van der Waals surface area contributed by atoms with Crippen molar-refractivity contribution in [1.82, 2.24) is 0 Å². The smallest absolute Gasteiger partial charge is 0.220 e. The Morgan fingerprint density at radius 2 is 1.63 bits per heavy atom. The first kappa shape index (κ1) is 20.3. The summed E-state index contributed by atoms with van der Waals surface area (Å²) in [5.41, 5.74) is 5.57. The Bertz CT molecular complexity index is 957. The third kappa shape index (κ3) is 2.52. The SMILES string of the molecule is CC1=C(O)C(=O)C=C2C1=CC=C1C2(C)CCC2C3CC(C)(C)CCC3(C)CCC12C. The average molecular weight is 407 g/mol. The first-order valence-electron chi connectivity index (χ1n) is 12.0. The van der Waals surface area contributed by atoms with Crippen LogP contribution in [0.2, 0.25) is 0 Å². The van der Waals surface area contributed by atoms with Gasteiger partial charge in [-0.05, 0) is 97.2 Å². The predicted molar refractivity (Wildman–Crippen MR) is 122 cm³/mol. The van der Waals surface area contributed by atoms with E-state index in [0.29, 0.717) is 10.8 Å². The molecule has 30 heavy (non-hydrogen) atoms. The van der Waals surface area contributed by atoms with Crippen LogP contribution in [0.15, 0.2) is 46.3 Å². The Balaban J connectivity index is 1.61. The lowest BCUT2D eigenvalue weighted by molar-refractivity contribution is -0.114. The lowest BCUT2D eigenvalue weighted by atomic mass is 9.40. The van der Waals surface area contributed by atoms with E-state index in [4.69, 9.17) is 0 Å². The monoisotopic (exact) mass is 406 g/mol. The van der Waals surface area contributed by atoms with Crippen molar-refractivity contribution in [3.63, 3.8) is 0 Å². The summed E-state index contributed by atoms with van der Waals surface area (Å²) in [7, 11) is 0. The Hall–Kier alpha value is -1.57. The fourth-order valence-electron chi connectivity index (χ4n) is 8.21. The summed E-state index contributed by atoms with van der Waals surface area (Å²) in [4.78, 5) is 12.5. The number of fused-ring (bicyclic) bond motifs is 7. The van der Waals surface area contributed by atoms with E-state index in [0.717, 1.165) is 35.0 Å². The molecule has 162 valence electrons. The molecule has 3 saturated carbocycles. The van der Waals surface area contributed by atoms with E-state index in [1.54, 1.807) is 11.6 Å². The second-order valence-electron chi connectivity index (χ2n) is 12.6. The standard InChI is InChI=1S/C28H38O2/c1-17-18-7-8-23-27(5,20(18)15-22(29)24(17)30)10-9-19-21-16-25(2,3)11-12-26(21,4)13-14-28(19,23)6/h7-8,15,19,21,30H,9-14,16H2,1-6H3. The summed E-state index contributed by atoms with van der Waals surface area (Å²) < 4.78 is 0. The zero-order chi connectivity index (χ0) is 21.7. The molecule has 2 heteroatoms. The van der Waals surface area contributed by atoms with E-state index in [2.05, 4.69) is 46.8 Å². The molecule has 5 rings (SSSR count). The van der Waals surface area contributed by atoms with Crippen LogP contribution in [0.3, 0.4) is 0 Å². The van der Waals surface area contributed by atoms with Gasteiger partial charge in [-0.3, -0.25) is 4.79 Å². The van der Waals surface area contributed by atoms with Gasteiger partial charge in [0.15, 0.2) is 5.76 Å². The number of carbonyl (C=O) groups excluding carboxylic acids is 1. The van der Waals surface area contributed by atoms with Gasteiger partial charge in [0, 0.05) is 11.0 Å². The summed E-state index contributed by atoms with van der Waals surface area (Å²) in [6.45, 7) is 14.3. The van der Waals surface area contributed by atoms with E-state index < -0.39 is 0 Å². The number of aliphatic hydroxyl groups is 1. The molecule has 0 aromatic carbocycles. The average Bonchev–Trinajstić information content (AvgIpc) is 2.67. The van der Waals surface area contributed by atoms with Gasteiger partial charge in [0.25, 0.3) is 0 Å². The van der Waals surface area contributed by atoms with Crippen LogP contribution in [0.4, 0.5) is 0 Å². The summed E-state index contributed by atoms with van der Waals surface area (Å²) in [5.74, 6) is 1.22. The molecule has 5 unspecified atom stereocenters. The Morgan fingerprint density at radius 3 is 2.37 bits per heavy atom. The fraction of sp³-hybridized carbons (Fsp3) is 0.679. The van der Waals surface area contributed by atoms with Crippen molar-refractivity contribution in [2.24, 2.45) is 33.5 Å². The molecule has 0 amide bonds. The summed E-state index contributed by atoms with van der Waals surface area (Å²) in [6, 6.07) is 0. The zero-order valence-electron chi connectivity index (χ0n) is 19.7. The van der Waals surface area contributed by atoms with Crippen LogP contribution in [-0.4, -0.2) is 10.9 Å². The van der Waals surface area contributed by atoms with Gasteiger partial charge in [0.1, 0.15) is 0 Å². The Morgan fingerprint density at radius 1 is 0.933 bits per heavy atom. The highest BCUT2D eigenvalue weighted by Gasteiger charge is 2.61. The van der Waals surface area contributed by atoms with Crippen molar-refractivity contribution in [2.75, 3.05) is 0 Å². The van der Waals surface area contributed by atoms with E-state index in [-0.39, 0.29) is 22.4 Å². The predicted octanol–water partition coefficient (Wildman–Crippen LogP) is 7.24. The summed E-state index contributed by atoms with van der Waals surface area (Å²) >= 11 is 0. The molecule has 0 bridgehead atoms. The van der Waals surface area contributed by atoms with Crippen LogP contribution < -0.4 is 0 Å². The number of rotatable bonds is 0. The number of aliphatic hydroxyl groups excluding tert-OH is 1. The fourth-order valence-corrected chi connectivity index (χ4v) is 8.21. The normalized spacial score (nSPS) is 44.7. The number of carbonyl (C=O) groups is 1. The maximum atomic E-state index is 12.5. The van der Waals surface area contributed by atoms with Crippen molar-refractivity contribution >= 4 is 5.78 Å². The molecule has 2 nitrogen and oxygen atoms in total. The summed E-state index contributed by atoms with van der Waals surface area (Å²) in [5, 5.41) is 10.2. The molecule has 5 atom stereocenters. The highest BCUT2D eigenvalue weighted by atomic mass is 16.3. The van der Waals surface area contributed by atoms with E-state index >= 15 is 0 Å². The van der Waals surface area contributed by atoms with Gasteiger partial charge in [-0.25, -0.2) is 0 Å². The maximum absolute atomic E-state index is 12.5. The molecule has 0 aromatic heterocycles. The molecule has 0 spiro atoms.